The van der Waals surface area contributed by atoms with Gasteiger partial charge in [0.25, 0.3) is 11.8 Å². The van der Waals surface area contributed by atoms with Crippen LogP contribution < -0.4 is 10.6 Å². The standard InChI is InChI=1S/C22H27N3O5S/c1-2-3-12-23-22(27)19-6-4-5-7-20(19)24-21(26)17-8-10-18(11-9-17)31(28,29)25-13-15-30-16-14-25/h4-11H,2-3,12-16H2,1H3,(H,23,27)(H,24,26). The molecule has 0 spiro atoms. The number of benzene rings is 2. The zero-order valence-electron chi connectivity index (χ0n) is 17.5. The summed E-state index contributed by atoms with van der Waals surface area (Å²) in [7, 11) is -3.62. The van der Waals surface area contributed by atoms with Gasteiger partial charge in [-0.05, 0) is 42.8 Å². The van der Waals surface area contributed by atoms with Crippen LogP contribution in [0, 0.1) is 0 Å². The number of sulfonamides is 1. The minimum absolute atomic E-state index is 0.127. The first-order valence-corrected chi connectivity index (χ1v) is 11.7. The molecule has 3 rings (SSSR count). The van der Waals surface area contributed by atoms with Gasteiger partial charge in [0.1, 0.15) is 0 Å². The quantitative estimate of drug-likeness (QED) is 0.608. The van der Waals surface area contributed by atoms with Crippen molar-refractivity contribution < 1.29 is 22.7 Å². The number of unbranched alkanes of at least 4 members (excludes halogenated alkanes) is 1. The van der Waals surface area contributed by atoms with Gasteiger partial charge in [0.05, 0.1) is 29.4 Å². The molecule has 0 saturated carbocycles. The first kappa shape index (κ1) is 22.9. The molecule has 1 aliphatic rings. The summed E-state index contributed by atoms with van der Waals surface area (Å²) < 4.78 is 32.0. The van der Waals surface area contributed by atoms with E-state index in [4.69, 9.17) is 4.74 Å². The molecule has 1 aliphatic heterocycles. The van der Waals surface area contributed by atoms with Gasteiger partial charge in [0.15, 0.2) is 0 Å². The van der Waals surface area contributed by atoms with Crippen LogP contribution in [0.5, 0.6) is 0 Å². The molecule has 1 fully saturated rings. The molecule has 2 N–H and O–H groups in total. The minimum atomic E-state index is -3.62. The third-order valence-corrected chi connectivity index (χ3v) is 6.87. The Hall–Kier alpha value is -2.75. The molecular formula is C22H27N3O5S. The average molecular weight is 446 g/mol. The Labute approximate surface area is 182 Å². The number of hydrogen-bond acceptors (Lipinski definition) is 5. The van der Waals surface area contributed by atoms with E-state index < -0.39 is 15.9 Å². The van der Waals surface area contributed by atoms with Gasteiger partial charge in [-0.3, -0.25) is 9.59 Å². The van der Waals surface area contributed by atoms with E-state index in [1.807, 2.05) is 6.92 Å². The van der Waals surface area contributed by atoms with Gasteiger partial charge in [-0.15, -0.1) is 0 Å². The molecule has 2 aromatic carbocycles. The number of para-hydroxylation sites is 1. The summed E-state index contributed by atoms with van der Waals surface area (Å²) in [6, 6.07) is 12.5. The number of nitrogens with zero attached hydrogens (tertiary/aromatic N) is 1. The molecule has 0 unspecified atom stereocenters. The number of amides is 2. The van der Waals surface area contributed by atoms with E-state index in [0.717, 1.165) is 12.8 Å². The van der Waals surface area contributed by atoms with Crippen LogP contribution in [-0.4, -0.2) is 57.4 Å². The fraction of sp³-hybridized carbons (Fsp3) is 0.364. The van der Waals surface area contributed by atoms with E-state index in [9.17, 15) is 18.0 Å². The first-order chi connectivity index (χ1) is 14.9. The van der Waals surface area contributed by atoms with Gasteiger partial charge in [-0.1, -0.05) is 25.5 Å². The van der Waals surface area contributed by atoms with Crippen molar-refractivity contribution in [2.75, 3.05) is 38.2 Å². The molecule has 1 heterocycles. The van der Waals surface area contributed by atoms with Crippen molar-refractivity contribution in [2.24, 2.45) is 0 Å². The summed E-state index contributed by atoms with van der Waals surface area (Å²) in [5, 5.41) is 5.58. The molecule has 0 bridgehead atoms. The minimum Gasteiger partial charge on any atom is -0.379 e. The average Bonchev–Trinajstić information content (AvgIpc) is 2.80. The Bertz CT molecular complexity index is 1020. The third kappa shape index (κ3) is 5.69. The molecule has 0 radical (unpaired) electrons. The maximum Gasteiger partial charge on any atom is 0.255 e. The Morgan fingerprint density at radius 1 is 1.00 bits per heavy atom. The fourth-order valence-corrected chi connectivity index (χ4v) is 4.58. The van der Waals surface area contributed by atoms with Crippen LogP contribution in [0.1, 0.15) is 40.5 Å². The van der Waals surface area contributed by atoms with E-state index in [1.165, 1.54) is 28.6 Å². The van der Waals surface area contributed by atoms with Crippen LogP contribution in [0.25, 0.3) is 0 Å². The molecule has 31 heavy (non-hydrogen) atoms. The maximum absolute atomic E-state index is 12.7. The largest absolute Gasteiger partial charge is 0.379 e. The van der Waals surface area contributed by atoms with Crippen molar-refractivity contribution in [1.29, 1.82) is 0 Å². The van der Waals surface area contributed by atoms with Crippen molar-refractivity contribution >= 4 is 27.5 Å². The molecule has 9 heteroatoms. The van der Waals surface area contributed by atoms with E-state index in [1.54, 1.807) is 24.3 Å². The second-order valence-electron chi connectivity index (χ2n) is 7.15. The van der Waals surface area contributed by atoms with E-state index in [2.05, 4.69) is 10.6 Å². The second-order valence-corrected chi connectivity index (χ2v) is 9.09. The number of carbonyl (C=O) groups excluding carboxylic acids is 2. The summed E-state index contributed by atoms with van der Waals surface area (Å²) >= 11 is 0. The number of nitrogens with one attached hydrogen (secondary N) is 2. The van der Waals surface area contributed by atoms with Gasteiger partial charge >= 0.3 is 0 Å². The number of anilines is 1. The summed E-state index contributed by atoms with van der Waals surface area (Å²) in [5.41, 5.74) is 1.06. The molecule has 1 saturated heterocycles. The number of carbonyl (C=O) groups is 2. The molecule has 0 aliphatic carbocycles. The number of hydrogen-bond donors (Lipinski definition) is 2. The van der Waals surface area contributed by atoms with Gasteiger partial charge in [-0.2, -0.15) is 4.31 Å². The lowest BCUT2D eigenvalue weighted by atomic mass is 10.1. The first-order valence-electron chi connectivity index (χ1n) is 10.3. The van der Waals surface area contributed by atoms with Crippen LogP contribution in [0.4, 0.5) is 5.69 Å². The van der Waals surface area contributed by atoms with Gasteiger partial charge in [-0.25, -0.2) is 8.42 Å². The van der Waals surface area contributed by atoms with Crippen molar-refractivity contribution in [3.63, 3.8) is 0 Å². The summed E-state index contributed by atoms with van der Waals surface area (Å²) in [6.07, 6.45) is 1.84. The lowest BCUT2D eigenvalue weighted by molar-refractivity contribution is 0.0730. The lowest BCUT2D eigenvalue weighted by Gasteiger charge is -2.26. The highest BCUT2D eigenvalue weighted by Gasteiger charge is 2.26. The number of ether oxygens (including phenoxy) is 1. The van der Waals surface area contributed by atoms with Crippen molar-refractivity contribution in [3.05, 3.63) is 59.7 Å². The second kappa shape index (κ2) is 10.5. The highest BCUT2D eigenvalue weighted by atomic mass is 32.2. The van der Waals surface area contributed by atoms with E-state index >= 15 is 0 Å². The van der Waals surface area contributed by atoms with Crippen LogP contribution in [0.15, 0.2) is 53.4 Å². The maximum atomic E-state index is 12.7. The van der Waals surface area contributed by atoms with E-state index in [-0.39, 0.29) is 10.8 Å². The van der Waals surface area contributed by atoms with Crippen molar-refractivity contribution in [3.8, 4) is 0 Å². The smallest absolute Gasteiger partial charge is 0.255 e. The van der Waals surface area contributed by atoms with Gasteiger partial charge in [0, 0.05) is 25.2 Å². The zero-order chi connectivity index (χ0) is 22.3. The summed E-state index contributed by atoms with van der Waals surface area (Å²) in [4.78, 5) is 25.2. The lowest BCUT2D eigenvalue weighted by Crippen LogP contribution is -2.40. The predicted octanol–water partition coefficient (Wildman–Crippen LogP) is 2.49. The molecule has 2 aromatic rings. The fourth-order valence-electron chi connectivity index (χ4n) is 3.17. The van der Waals surface area contributed by atoms with Crippen LogP contribution in [0.3, 0.4) is 0 Å². The Morgan fingerprint density at radius 3 is 2.35 bits per heavy atom. The SMILES string of the molecule is CCCCNC(=O)c1ccccc1NC(=O)c1ccc(S(=O)(=O)N2CCOCC2)cc1. The molecule has 0 atom stereocenters. The van der Waals surface area contributed by atoms with Crippen LogP contribution >= 0.6 is 0 Å². The van der Waals surface area contributed by atoms with Crippen LogP contribution in [-0.2, 0) is 14.8 Å². The zero-order valence-corrected chi connectivity index (χ0v) is 18.3. The Kier molecular flexibility index (Phi) is 7.78. The molecular weight excluding hydrogens is 418 g/mol. The Balaban J connectivity index is 1.71. The monoisotopic (exact) mass is 445 g/mol. The molecule has 2 amide bonds. The topological polar surface area (TPSA) is 105 Å². The predicted molar refractivity (Wildman–Crippen MR) is 118 cm³/mol. The van der Waals surface area contributed by atoms with Gasteiger partial charge < -0.3 is 15.4 Å². The number of rotatable bonds is 8. The van der Waals surface area contributed by atoms with Crippen LogP contribution in [0.2, 0.25) is 0 Å². The van der Waals surface area contributed by atoms with E-state index in [0.29, 0.717) is 49.7 Å². The Morgan fingerprint density at radius 2 is 1.68 bits per heavy atom. The molecule has 8 nitrogen and oxygen atoms in total. The van der Waals surface area contributed by atoms with Crippen molar-refractivity contribution in [1.82, 2.24) is 9.62 Å². The molecule has 166 valence electrons. The highest BCUT2D eigenvalue weighted by Crippen LogP contribution is 2.20. The van der Waals surface area contributed by atoms with Gasteiger partial charge in [0.2, 0.25) is 10.0 Å². The molecule has 0 aromatic heterocycles. The highest BCUT2D eigenvalue weighted by molar-refractivity contribution is 7.89. The summed E-state index contributed by atoms with van der Waals surface area (Å²) in [5.74, 6) is -0.680. The summed E-state index contributed by atoms with van der Waals surface area (Å²) in [6.45, 7) is 3.95. The normalized spacial score (nSPS) is 14.7. The third-order valence-electron chi connectivity index (χ3n) is 4.96. The number of morpholine rings is 1. The van der Waals surface area contributed by atoms with Crippen molar-refractivity contribution in [2.45, 2.75) is 24.7 Å².